The lowest BCUT2D eigenvalue weighted by atomic mass is 10.1. The van der Waals surface area contributed by atoms with Crippen molar-refractivity contribution < 1.29 is 14.3 Å². The van der Waals surface area contributed by atoms with E-state index in [2.05, 4.69) is 5.32 Å². The minimum Gasteiger partial charge on any atom is -0.493 e. The zero-order valence-corrected chi connectivity index (χ0v) is 15.0. The molecule has 0 saturated heterocycles. The number of para-hydroxylation sites is 1. The van der Waals surface area contributed by atoms with Crippen molar-refractivity contribution in [2.24, 2.45) is 5.92 Å². The molecule has 1 amide bonds. The highest BCUT2D eigenvalue weighted by molar-refractivity contribution is 6.01. The maximum Gasteiger partial charge on any atom is 0.261 e. The van der Waals surface area contributed by atoms with E-state index in [0.29, 0.717) is 37.8 Å². The summed E-state index contributed by atoms with van der Waals surface area (Å²) in [4.78, 5) is 12.2. The fraction of sp³-hybridized carbons (Fsp3) is 0.500. The SMILES string of the molecule is CC(C)OCCCNC(=O)/C(C#N)=C/c1ccccc1OCC1CC1. The highest BCUT2D eigenvalue weighted by Gasteiger charge is 2.22. The molecule has 25 heavy (non-hydrogen) atoms. The average Bonchev–Trinajstić information content (AvgIpc) is 3.42. The molecule has 0 radical (unpaired) electrons. The highest BCUT2D eigenvalue weighted by atomic mass is 16.5. The normalized spacial score (nSPS) is 14.2. The number of nitriles is 1. The lowest BCUT2D eigenvalue weighted by molar-refractivity contribution is -0.117. The monoisotopic (exact) mass is 342 g/mol. The third kappa shape index (κ3) is 6.98. The van der Waals surface area contributed by atoms with Crippen molar-refractivity contribution in [1.29, 1.82) is 5.26 Å². The van der Waals surface area contributed by atoms with Crippen LogP contribution in [0.5, 0.6) is 5.75 Å². The Morgan fingerprint density at radius 3 is 2.84 bits per heavy atom. The van der Waals surface area contributed by atoms with Gasteiger partial charge in [-0.25, -0.2) is 0 Å². The fourth-order valence-electron chi connectivity index (χ4n) is 2.22. The smallest absolute Gasteiger partial charge is 0.261 e. The average molecular weight is 342 g/mol. The first kappa shape index (κ1) is 19.0. The van der Waals surface area contributed by atoms with E-state index >= 15 is 0 Å². The van der Waals surface area contributed by atoms with E-state index in [0.717, 1.165) is 5.56 Å². The van der Waals surface area contributed by atoms with E-state index in [-0.39, 0.29) is 17.6 Å². The Bertz CT molecular complexity index is 643. The summed E-state index contributed by atoms with van der Waals surface area (Å²) < 4.78 is 11.2. The number of benzene rings is 1. The summed E-state index contributed by atoms with van der Waals surface area (Å²) in [6.07, 6.45) is 4.90. The Hall–Kier alpha value is -2.32. The van der Waals surface area contributed by atoms with Crippen molar-refractivity contribution in [2.75, 3.05) is 19.8 Å². The fourth-order valence-corrected chi connectivity index (χ4v) is 2.22. The molecule has 0 aliphatic heterocycles. The Morgan fingerprint density at radius 2 is 2.16 bits per heavy atom. The van der Waals surface area contributed by atoms with E-state index in [1.807, 2.05) is 44.2 Å². The predicted molar refractivity (Wildman–Crippen MR) is 97.0 cm³/mol. The van der Waals surface area contributed by atoms with Crippen LogP contribution in [-0.4, -0.2) is 31.8 Å². The van der Waals surface area contributed by atoms with E-state index in [9.17, 15) is 10.1 Å². The molecule has 1 aliphatic rings. The third-order valence-corrected chi connectivity index (χ3v) is 3.81. The first-order chi connectivity index (χ1) is 12.1. The number of ether oxygens (including phenoxy) is 2. The van der Waals surface area contributed by atoms with Crippen LogP contribution in [-0.2, 0) is 9.53 Å². The second-order valence-corrected chi connectivity index (χ2v) is 6.49. The number of nitrogens with zero attached hydrogens (tertiary/aromatic N) is 1. The third-order valence-electron chi connectivity index (χ3n) is 3.81. The summed E-state index contributed by atoms with van der Waals surface area (Å²) in [7, 11) is 0. The maximum absolute atomic E-state index is 12.2. The number of rotatable bonds is 10. The van der Waals surface area contributed by atoms with Gasteiger partial charge in [0, 0.05) is 18.7 Å². The van der Waals surface area contributed by atoms with Crippen molar-refractivity contribution >= 4 is 12.0 Å². The Labute approximate surface area is 149 Å². The molecule has 1 fully saturated rings. The lowest BCUT2D eigenvalue weighted by Gasteiger charge is -2.10. The van der Waals surface area contributed by atoms with Crippen LogP contribution < -0.4 is 10.1 Å². The van der Waals surface area contributed by atoms with Crippen molar-refractivity contribution in [3.8, 4) is 11.8 Å². The quantitative estimate of drug-likeness (QED) is 0.402. The Morgan fingerprint density at radius 1 is 1.40 bits per heavy atom. The summed E-state index contributed by atoms with van der Waals surface area (Å²) in [5.74, 6) is 0.980. The van der Waals surface area contributed by atoms with Gasteiger partial charge in [0.25, 0.3) is 5.91 Å². The van der Waals surface area contributed by atoms with Crippen LogP contribution in [0.2, 0.25) is 0 Å². The second kappa shape index (κ2) is 9.85. The summed E-state index contributed by atoms with van der Waals surface area (Å²) in [6, 6.07) is 9.45. The number of carbonyl (C=O) groups is 1. The summed E-state index contributed by atoms with van der Waals surface area (Å²) in [5.41, 5.74) is 0.824. The van der Waals surface area contributed by atoms with Gasteiger partial charge in [0.1, 0.15) is 17.4 Å². The molecule has 2 rings (SSSR count). The highest BCUT2D eigenvalue weighted by Crippen LogP contribution is 2.30. The molecule has 1 N–H and O–H groups in total. The molecular formula is C20H26N2O3. The number of carbonyl (C=O) groups excluding carboxylic acids is 1. The van der Waals surface area contributed by atoms with Gasteiger partial charge in [0.2, 0.25) is 0 Å². The molecule has 0 unspecified atom stereocenters. The number of hydrogen-bond donors (Lipinski definition) is 1. The molecule has 0 heterocycles. The molecule has 0 aromatic heterocycles. The second-order valence-electron chi connectivity index (χ2n) is 6.49. The van der Waals surface area contributed by atoms with Crippen LogP contribution in [0.15, 0.2) is 29.8 Å². The lowest BCUT2D eigenvalue weighted by Crippen LogP contribution is -2.26. The van der Waals surface area contributed by atoms with Crippen LogP contribution >= 0.6 is 0 Å². The molecule has 134 valence electrons. The number of nitrogens with one attached hydrogen (secondary N) is 1. The van der Waals surface area contributed by atoms with Crippen LogP contribution in [0.25, 0.3) is 6.08 Å². The van der Waals surface area contributed by atoms with Crippen LogP contribution in [0, 0.1) is 17.2 Å². The zero-order valence-electron chi connectivity index (χ0n) is 15.0. The van der Waals surface area contributed by atoms with E-state index in [1.165, 1.54) is 12.8 Å². The molecule has 0 spiro atoms. The van der Waals surface area contributed by atoms with E-state index < -0.39 is 0 Å². The molecule has 1 aliphatic carbocycles. The van der Waals surface area contributed by atoms with Crippen LogP contribution in [0.3, 0.4) is 0 Å². The van der Waals surface area contributed by atoms with Crippen molar-refractivity contribution in [3.63, 3.8) is 0 Å². The van der Waals surface area contributed by atoms with Gasteiger partial charge in [-0.2, -0.15) is 5.26 Å². The van der Waals surface area contributed by atoms with Gasteiger partial charge in [-0.05, 0) is 51.2 Å². The van der Waals surface area contributed by atoms with Crippen molar-refractivity contribution in [3.05, 3.63) is 35.4 Å². The van der Waals surface area contributed by atoms with Crippen LogP contribution in [0.4, 0.5) is 0 Å². The van der Waals surface area contributed by atoms with Crippen molar-refractivity contribution in [1.82, 2.24) is 5.32 Å². The molecule has 0 bridgehead atoms. The van der Waals surface area contributed by atoms with E-state index in [4.69, 9.17) is 9.47 Å². The molecular weight excluding hydrogens is 316 g/mol. The van der Waals surface area contributed by atoms with Crippen molar-refractivity contribution in [2.45, 2.75) is 39.2 Å². The van der Waals surface area contributed by atoms with Gasteiger partial charge < -0.3 is 14.8 Å². The summed E-state index contributed by atoms with van der Waals surface area (Å²) >= 11 is 0. The molecule has 1 aromatic carbocycles. The molecule has 1 saturated carbocycles. The first-order valence-corrected chi connectivity index (χ1v) is 8.83. The largest absolute Gasteiger partial charge is 0.493 e. The Balaban J connectivity index is 1.92. The van der Waals surface area contributed by atoms with Crippen LogP contribution in [0.1, 0.15) is 38.7 Å². The van der Waals surface area contributed by atoms with Gasteiger partial charge in [0.15, 0.2) is 0 Å². The van der Waals surface area contributed by atoms with Gasteiger partial charge >= 0.3 is 0 Å². The Kier molecular flexibility index (Phi) is 7.49. The van der Waals surface area contributed by atoms with Gasteiger partial charge in [-0.3, -0.25) is 4.79 Å². The molecule has 5 heteroatoms. The molecule has 5 nitrogen and oxygen atoms in total. The first-order valence-electron chi connectivity index (χ1n) is 8.83. The van der Waals surface area contributed by atoms with E-state index in [1.54, 1.807) is 6.08 Å². The predicted octanol–water partition coefficient (Wildman–Crippen LogP) is 3.31. The van der Waals surface area contributed by atoms with Gasteiger partial charge in [0.05, 0.1) is 12.7 Å². The van der Waals surface area contributed by atoms with Gasteiger partial charge in [-0.15, -0.1) is 0 Å². The minimum atomic E-state index is -0.371. The summed E-state index contributed by atoms with van der Waals surface area (Å²) in [6.45, 7) is 5.69. The topological polar surface area (TPSA) is 71.3 Å². The zero-order chi connectivity index (χ0) is 18.1. The minimum absolute atomic E-state index is 0.0762. The van der Waals surface area contributed by atoms with Gasteiger partial charge in [-0.1, -0.05) is 18.2 Å². The molecule has 1 aromatic rings. The maximum atomic E-state index is 12.2. The number of amides is 1. The summed E-state index contributed by atoms with van der Waals surface area (Å²) in [5, 5.41) is 12.1. The molecule has 0 atom stereocenters. The standard InChI is InChI=1S/C20H26N2O3/c1-15(2)24-11-5-10-22-20(23)18(13-21)12-17-6-3-4-7-19(17)25-14-16-8-9-16/h3-4,6-7,12,15-16H,5,8-11,14H2,1-2H3,(H,22,23)/b18-12+. The number of hydrogen-bond acceptors (Lipinski definition) is 4.